The topological polar surface area (TPSA) is 58.6 Å². The molecule has 1 aromatic carbocycles. The van der Waals surface area contributed by atoms with Crippen LogP contribution in [0.2, 0.25) is 5.02 Å². The van der Waals surface area contributed by atoms with Gasteiger partial charge in [-0.1, -0.05) is 11.6 Å². The van der Waals surface area contributed by atoms with Crippen LogP contribution in [0.5, 0.6) is 5.75 Å². The molecule has 22 heavy (non-hydrogen) atoms. The van der Waals surface area contributed by atoms with Crippen molar-refractivity contribution in [1.82, 2.24) is 5.32 Å². The number of hydrogen-bond acceptors (Lipinski definition) is 4. The van der Waals surface area contributed by atoms with Crippen LogP contribution in [0.15, 0.2) is 18.2 Å². The van der Waals surface area contributed by atoms with Gasteiger partial charge >= 0.3 is 0 Å². The van der Waals surface area contributed by atoms with Crippen LogP contribution in [-0.4, -0.2) is 36.2 Å². The lowest BCUT2D eigenvalue weighted by Crippen LogP contribution is -2.37. The van der Waals surface area contributed by atoms with Crippen molar-refractivity contribution in [2.75, 3.05) is 13.2 Å². The second-order valence-corrected chi connectivity index (χ2v) is 6.17. The Bertz CT molecular complexity index is 526. The first-order valence-electron chi connectivity index (χ1n) is 7.45. The van der Waals surface area contributed by atoms with E-state index in [-0.39, 0.29) is 29.4 Å². The molecule has 3 atom stereocenters. The Morgan fingerprint density at radius 2 is 2.32 bits per heavy atom. The molecular formula is C16H21ClFNO3. The summed E-state index contributed by atoms with van der Waals surface area (Å²) in [5.74, 6) is 0.160. The normalized spacial score (nSPS) is 22.5. The highest BCUT2D eigenvalue weighted by Gasteiger charge is 2.27. The number of Topliss-reactive ketones (excluding diaryl/α,β-unsaturated/α-hetero) is 1. The zero-order valence-electron chi connectivity index (χ0n) is 12.5. The van der Waals surface area contributed by atoms with E-state index in [1.165, 1.54) is 12.1 Å². The summed E-state index contributed by atoms with van der Waals surface area (Å²) in [7, 11) is 0. The SMILES string of the molecule is CC(=O)C1CCC(NCC(O)COc2ccc(Cl)c(F)c2)C1. The molecule has 0 saturated heterocycles. The van der Waals surface area contributed by atoms with E-state index in [4.69, 9.17) is 16.3 Å². The smallest absolute Gasteiger partial charge is 0.145 e. The summed E-state index contributed by atoms with van der Waals surface area (Å²) >= 11 is 5.59. The highest BCUT2D eigenvalue weighted by molar-refractivity contribution is 6.30. The third kappa shape index (κ3) is 4.93. The van der Waals surface area contributed by atoms with E-state index >= 15 is 0 Å². The quantitative estimate of drug-likeness (QED) is 0.807. The van der Waals surface area contributed by atoms with Gasteiger partial charge in [0.05, 0.1) is 5.02 Å². The third-order valence-corrected chi connectivity index (χ3v) is 4.29. The van der Waals surface area contributed by atoms with Gasteiger partial charge in [0.15, 0.2) is 0 Å². The van der Waals surface area contributed by atoms with E-state index in [9.17, 15) is 14.3 Å². The highest BCUT2D eigenvalue weighted by Crippen LogP contribution is 2.26. The first-order valence-corrected chi connectivity index (χ1v) is 7.83. The molecule has 122 valence electrons. The van der Waals surface area contributed by atoms with Crippen molar-refractivity contribution in [3.05, 3.63) is 29.0 Å². The zero-order valence-corrected chi connectivity index (χ0v) is 13.3. The van der Waals surface area contributed by atoms with E-state index in [2.05, 4.69) is 5.32 Å². The molecule has 0 heterocycles. The van der Waals surface area contributed by atoms with Gasteiger partial charge in [-0.3, -0.25) is 4.79 Å². The fraction of sp³-hybridized carbons (Fsp3) is 0.562. The molecule has 6 heteroatoms. The molecule has 1 aromatic rings. The van der Waals surface area contributed by atoms with E-state index in [1.807, 2.05) is 0 Å². The Balaban J connectivity index is 1.69. The molecule has 0 amide bonds. The number of aliphatic hydroxyl groups excluding tert-OH is 1. The van der Waals surface area contributed by atoms with Crippen molar-refractivity contribution in [3.63, 3.8) is 0 Å². The Kier molecular flexibility index (Phi) is 6.17. The molecule has 2 rings (SSSR count). The van der Waals surface area contributed by atoms with Crippen LogP contribution >= 0.6 is 11.6 Å². The number of hydrogen-bond donors (Lipinski definition) is 2. The number of ether oxygens (including phenoxy) is 1. The van der Waals surface area contributed by atoms with Gasteiger partial charge in [-0.15, -0.1) is 0 Å². The van der Waals surface area contributed by atoms with Crippen LogP contribution < -0.4 is 10.1 Å². The average Bonchev–Trinajstić information content (AvgIpc) is 2.95. The number of carbonyl (C=O) groups is 1. The summed E-state index contributed by atoms with van der Waals surface area (Å²) in [6.07, 6.45) is 1.98. The maximum atomic E-state index is 13.2. The van der Waals surface area contributed by atoms with Crippen molar-refractivity contribution in [2.24, 2.45) is 5.92 Å². The van der Waals surface area contributed by atoms with Gasteiger partial charge < -0.3 is 15.2 Å². The highest BCUT2D eigenvalue weighted by atomic mass is 35.5. The van der Waals surface area contributed by atoms with Crippen molar-refractivity contribution < 1.29 is 19.0 Å². The Morgan fingerprint density at radius 1 is 1.55 bits per heavy atom. The third-order valence-electron chi connectivity index (χ3n) is 3.98. The molecule has 1 aliphatic carbocycles. The van der Waals surface area contributed by atoms with Crippen LogP contribution in [0.25, 0.3) is 0 Å². The Labute approximate surface area is 134 Å². The van der Waals surface area contributed by atoms with Gasteiger partial charge in [-0.05, 0) is 38.3 Å². The minimum absolute atomic E-state index is 0.0378. The van der Waals surface area contributed by atoms with E-state index in [0.29, 0.717) is 12.3 Å². The van der Waals surface area contributed by atoms with Crippen molar-refractivity contribution in [3.8, 4) is 5.75 Å². The number of halogens is 2. The van der Waals surface area contributed by atoms with Crippen LogP contribution in [0.4, 0.5) is 4.39 Å². The van der Waals surface area contributed by atoms with Gasteiger partial charge in [0.1, 0.15) is 30.1 Å². The monoisotopic (exact) mass is 329 g/mol. The number of aliphatic hydroxyl groups is 1. The average molecular weight is 330 g/mol. The predicted octanol–water partition coefficient (Wildman–Crippen LogP) is 2.57. The first kappa shape index (κ1) is 17.2. The number of nitrogens with one attached hydrogen (secondary N) is 1. The summed E-state index contributed by atoms with van der Waals surface area (Å²) in [5, 5.41) is 13.2. The predicted molar refractivity (Wildman–Crippen MR) is 82.7 cm³/mol. The molecule has 3 unspecified atom stereocenters. The maximum absolute atomic E-state index is 13.2. The molecule has 1 saturated carbocycles. The van der Waals surface area contributed by atoms with Crippen molar-refractivity contribution in [2.45, 2.75) is 38.3 Å². The molecular weight excluding hydrogens is 309 g/mol. The summed E-state index contributed by atoms with van der Waals surface area (Å²) in [6, 6.07) is 4.42. The van der Waals surface area contributed by atoms with Crippen LogP contribution in [0.1, 0.15) is 26.2 Å². The minimum Gasteiger partial charge on any atom is -0.491 e. The maximum Gasteiger partial charge on any atom is 0.145 e. The number of ketones is 1. The summed E-state index contributed by atoms with van der Waals surface area (Å²) in [5.41, 5.74) is 0. The lowest BCUT2D eigenvalue weighted by molar-refractivity contribution is -0.120. The molecule has 0 bridgehead atoms. The standard InChI is InChI=1S/C16H21ClFNO3/c1-10(20)11-2-3-12(6-11)19-8-13(21)9-22-14-4-5-15(17)16(18)7-14/h4-5,7,11-13,19,21H,2-3,6,8-9H2,1H3. The van der Waals surface area contributed by atoms with Crippen LogP contribution in [0, 0.1) is 11.7 Å². The molecule has 1 aliphatic rings. The van der Waals surface area contributed by atoms with Crippen molar-refractivity contribution >= 4 is 17.4 Å². The molecule has 1 fully saturated rings. The molecule has 0 spiro atoms. The van der Waals surface area contributed by atoms with Crippen molar-refractivity contribution in [1.29, 1.82) is 0 Å². The molecule has 2 N–H and O–H groups in total. The van der Waals surface area contributed by atoms with Gasteiger partial charge in [0, 0.05) is 24.6 Å². The minimum atomic E-state index is -0.699. The zero-order chi connectivity index (χ0) is 16.1. The van der Waals surface area contributed by atoms with Gasteiger partial charge in [0.2, 0.25) is 0 Å². The van der Waals surface area contributed by atoms with E-state index < -0.39 is 11.9 Å². The Hall–Kier alpha value is -1.17. The molecule has 0 aliphatic heterocycles. The van der Waals surface area contributed by atoms with Gasteiger partial charge in [-0.25, -0.2) is 4.39 Å². The Morgan fingerprint density at radius 3 is 2.95 bits per heavy atom. The summed E-state index contributed by atoms with van der Waals surface area (Å²) in [6.45, 7) is 2.07. The molecule has 0 aromatic heterocycles. The molecule has 0 radical (unpaired) electrons. The van der Waals surface area contributed by atoms with Crippen LogP contribution in [-0.2, 0) is 4.79 Å². The van der Waals surface area contributed by atoms with Gasteiger partial charge in [-0.2, -0.15) is 0 Å². The first-order chi connectivity index (χ1) is 10.5. The number of benzene rings is 1. The lowest BCUT2D eigenvalue weighted by Gasteiger charge is -2.17. The van der Waals surface area contributed by atoms with E-state index in [0.717, 1.165) is 19.3 Å². The summed E-state index contributed by atoms with van der Waals surface area (Å²) < 4.78 is 18.6. The second-order valence-electron chi connectivity index (χ2n) is 5.77. The van der Waals surface area contributed by atoms with E-state index in [1.54, 1.807) is 13.0 Å². The lowest BCUT2D eigenvalue weighted by atomic mass is 10.0. The fourth-order valence-corrected chi connectivity index (χ4v) is 2.77. The van der Waals surface area contributed by atoms with Gasteiger partial charge in [0.25, 0.3) is 0 Å². The largest absolute Gasteiger partial charge is 0.491 e. The fourth-order valence-electron chi connectivity index (χ4n) is 2.66. The molecule has 4 nitrogen and oxygen atoms in total. The van der Waals surface area contributed by atoms with Crippen LogP contribution in [0.3, 0.4) is 0 Å². The number of carbonyl (C=O) groups excluding carboxylic acids is 1. The number of rotatable bonds is 7. The second kappa shape index (κ2) is 7.90. The summed E-state index contributed by atoms with van der Waals surface area (Å²) in [4.78, 5) is 11.3.